The summed E-state index contributed by atoms with van der Waals surface area (Å²) < 4.78 is 27.0. The van der Waals surface area contributed by atoms with Crippen LogP contribution in [-0.4, -0.2) is 20.1 Å². The van der Waals surface area contributed by atoms with Crippen molar-refractivity contribution in [2.75, 3.05) is 6.54 Å². The summed E-state index contributed by atoms with van der Waals surface area (Å²) in [7, 11) is -3.77. The van der Waals surface area contributed by atoms with Gasteiger partial charge in [0, 0.05) is 11.6 Å². The van der Waals surface area contributed by atoms with E-state index in [4.69, 9.17) is 23.2 Å². The lowest BCUT2D eigenvalue weighted by atomic mass is 10.2. The van der Waals surface area contributed by atoms with Crippen LogP contribution in [0.5, 0.6) is 0 Å². The molecule has 2 aromatic rings. The number of benzene rings is 1. The molecule has 2 N–H and O–H groups in total. The average Bonchev–Trinajstić information content (AvgIpc) is 2.93. The van der Waals surface area contributed by atoms with Crippen LogP contribution in [0, 0.1) is 0 Å². The van der Waals surface area contributed by atoms with Crippen LogP contribution in [0.2, 0.25) is 10.0 Å². The van der Waals surface area contributed by atoms with E-state index in [0.717, 1.165) is 5.56 Å². The zero-order valence-electron chi connectivity index (χ0n) is 10.8. The molecule has 0 aliphatic heterocycles. The molecule has 0 fully saturated rings. The molecule has 0 radical (unpaired) electrons. The molecule has 0 unspecified atom stereocenters. The summed E-state index contributed by atoms with van der Waals surface area (Å²) in [5, 5.41) is 13.3. The van der Waals surface area contributed by atoms with Gasteiger partial charge < -0.3 is 5.11 Å². The quantitative estimate of drug-likeness (QED) is 0.826. The Kier molecular flexibility index (Phi) is 5.65. The van der Waals surface area contributed by atoms with Crippen molar-refractivity contribution in [3.8, 4) is 0 Å². The van der Waals surface area contributed by atoms with Gasteiger partial charge in [0.15, 0.2) is 0 Å². The number of hydrogen-bond acceptors (Lipinski definition) is 4. The van der Waals surface area contributed by atoms with Gasteiger partial charge in [0.05, 0.1) is 11.6 Å². The SMILES string of the molecule is O=S(=O)(NCCc1ccsc1)c1cc(Cl)cc(CO)c1Cl. The maximum Gasteiger partial charge on any atom is 0.242 e. The molecule has 0 aliphatic rings. The first-order chi connectivity index (χ1) is 9.94. The molecule has 114 valence electrons. The summed E-state index contributed by atoms with van der Waals surface area (Å²) in [6.07, 6.45) is 0.591. The van der Waals surface area contributed by atoms with Gasteiger partial charge in [-0.1, -0.05) is 23.2 Å². The van der Waals surface area contributed by atoms with Gasteiger partial charge in [0.1, 0.15) is 4.90 Å². The van der Waals surface area contributed by atoms with Crippen LogP contribution in [-0.2, 0) is 23.1 Å². The molecule has 1 aromatic carbocycles. The van der Waals surface area contributed by atoms with E-state index >= 15 is 0 Å². The monoisotopic (exact) mass is 365 g/mol. The first kappa shape index (κ1) is 16.7. The van der Waals surface area contributed by atoms with Crippen LogP contribution in [0.15, 0.2) is 33.9 Å². The minimum atomic E-state index is -3.77. The lowest BCUT2D eigenvalue weighted by Gasteiger charge is -2.11. The molecular weight excluding hydrogens is 353 g/mol. The Morgan fingerprint density at radius 2 is 2.05 bits per heavy atom. The highest BCUT2D eigenvalue weighted by molar-refractivity contribution is 7.89. The summed E-state index contributed by atoms with van der Waals surface area (Å²) in [5.74, 6) is 0. The first-order valence-corrected chi connectivity index (χ1v) is 9.22. The third-order valence-electron chi connectivity index (χ3n) is 2.83. The third kappa shape index (κ3) is 4.18. The maximum atomic E-state index is 12.3. The Morgan fingerprint density at radius 1 is 1.29 bits per heavy atom. The minimum Gasteiger partial charge on any atom is -0.392 e. The van der Waals surface area contributed by atoms with Crippen molar-refractivity contribution < 1.29 is 13.5 Å². The maximum absolute atomic E-state index is 12.3. The normalized spacial score (nSPS) is 11.8. The van der Waals surface area contributed by atoms with Crippen molar-refractivity contribution in [3.63, 3.8) is 0 Å². The summed E-state index contributed by atoms with van der Waals surface area (Å²) in [6.45, 7) is -0.118. The highest BCUT2D eigenvalue weighted by atomic mass is 35.5. The molecule has 0 spiro atoms. The predicted molar refractivity (Wildman–Crippen MR) is 85.6 cm³/mol. The van der Waals surface area contributed by atoms with Gasteiger partial charge in [0.2, 0.25) is 10.0 Å². The number of aliphatic hydroxyl groups is 1. The van der Waals surface area contributed by atoms with Crippen LogP contribution < -0.4 is 4.72 Å². The Morgan fingerprint density at radius 3 is 2.67 bits per heavy atom. The number of nitrogens with one attached hydrogen (secondary N) is 1. The van der Waals surface area contributed by atoms with E-state index in [1.165, 1.54) is 12.1 Å². The van der Waals surface area contributed by atoms with Crippen LogP contribution in [0.3, 0.4) is 0 Å². The van der Waals surface area contributed by atoms with Gasteiger partial charge in [-0.05, 0) is 46.5 Å². The number of aliphatic hydroxyl groups excluding tert-OH is 1. The molecule has 0 bridgehead atoms. The Labute approximate surface area is 137 Å². The van der Waals surface area contributed by atoms with Gasteiger partial charge in [-0.3, -0.25) is 0 Å². The lowest BCUT2D eigenvalue weighted by molar-refractivity contribution is 0.281. The molecular formula is C13H13Cl2NO3S2. The van der Waals surface area contributed by atoms with Gasteiger partial charge >= 0.3 is 0 Å². The van der Waals surface area contributed by atoms with E-state index in [1.54, 1.807) is 11.3 Å². The molecule has 2 rings (SSSR count). The lowest BCUT2D eigenvalue weighted by Crippen LogP contribution is -2.26. The van der Waals surface area contributed by atoms with Crippen LogP contribution in [0.1, 0.15) is 11.1 Å². The van der Waals surface area contributed by atoms with Crippen molar-refractivity contribution in [2.24, 2.45) is 0 Å². The standard InChI is InChI=1S/C13H13Cl2NO3S2/c14-11-5-10(7-17)13(15)12(6-11)21(18,19)16-3-1-9-2-4-20-8-9/h2,4-6,8,16-17H,1,3,7H2. The average molecular weight is 366 g/mol. The Bertz CT molecular complexity index is 715. The predicted octanol–water partition coefficient (Wildman–Crippen LogP) is 3.07. The van der Waals surface area contributed by atoms with Crippen LogP contribution in [0.25, 0.3) is 0 Å². The number of rotatable bonds is 6. The molecule has 0 amide bonds. The molecule has 1 aromatic heterocycles. The van der Waals surface area contributed by atoms with Gasteiger partial charge in [-0.15, -0.1) is 0 Å². The highest BCUT2D eigenvalue weighted by Gasteiger charge is 2.20. The second kappa shape index (κ2) is 7.09. The molecule has 21 heavy (non-hydrogen) atoms. The van der Waals surface area contributed by atoms with Crippen molar-refractivity contribution in [1.82, 2.24) is 4.72 Å². The molecule has 0 atom stereocenters. The zero-order chi connectivity index (χ0) is 15.5. The highest BCUT2D eigenvalue weighted by Crippen LogP contribution is 2.29. The molecule has 8 heteroatoms. The number of sulfonamides is 1. The molecule has 0 saturated carbocycles. The molecule has 0 saturated heterocycles. The van der Waals surface area contributed by atoms with E-state index in [9.17, 15) is 13.5 Å². The van der Waals surface area contributed by atoms with Gasteiger partial charge in [-0.25, -0.2) is 13.1 Å². The summed E-state index contributed by atoms with van der Waals surface area (Å²) in [6, 6.07) is 4.65. The van der Waals surface area contributed by atoms with E-state index < -0.39 is 10.0 Å². The van der Waals surface area contributed by atoms with Crippen LogP contribution >= 0.6 is 34.5 Å². The molecule has 1 heterocycles. The number of halogens is 2. The van der Waals surface area contributed by atoms with E-state index in [1.807, 2.05) is 16.8 Å². The minimum absolute atomic E-state index is 0.00932. The van der Waals surface area contributed by atoms with Crippen molar-refractivity contribution in [2.45, 2.75) is 17.9 Å². The first-order valence-electron chi connectivity index (χ1n) is 6.03. The second-order valence-corrected chi connectivity index (χ2v) is 7.64. The third-order valence-corrected chi connectivity index (χ3v) is 5.82. The van der Waals surface area contributed by atoms with Gasteiger partial charge in [0.25, 0.3) is 0 Å². The second-order valence-electron chi connectivity index (χ2n) is 4.31. The summed E-state index contributed by atoms with van der Waals surface area (Å²) in [4.78, 5) is -0.119. The smallest absolute Gasteiger partial charge is 0.242 e. The largest absolute Gasteiger partial charge is 0.392 e. The number of hydrogen-bond donors (Lipinski definition) is 2. The fraction of sp³-hybridized carbons (Fsp3) is 0.231. The van der Waals surface area contributed by atoms with E-state index in [-0.39, 0.29) is 33.7 Å². The zero-order valence-corrected chi connectivity index (χ0v) is 14.0. The fourth-order valence-electron chi connectivity index (χ4n) is 1.77. The molecule has 4 nitrogen and oxygen atoms in total. The van der Waals surface area contributed by atoms with Crippen molar-refractivity contribution >= 4 is 44.6 Å². The van der Waals surface area contributed by atoms with Crippen molar-refractivity contribution in [1.29, 1.82) is 0 Å². The Balaban J connectivity index is 2.17. The number of thiophene rings is 1. The Hall–Kier alpha value is -0.630. The summed E-state index contributed by atoms with van der Waals surface area (Å²) in [5.41, 5.74) is 1.35. The van der Waals surface area contributed by atoms with E-state index in [2.05, 4.69) is 4.72 Å². The van der Waals surface area contributed by atoms with Crippen LogP contribution in [0.4, 0.5) is 0 Å². The van der Waals surface area contributed by atoms with Crippen molar-refractivity contribution in [3.05, 3.63) is 50.1 Å². The fourth-order valence-corrected chi connectivity index (χ4v) is 4.43. The van der Waals surface area contributed by atoms with E-state index in [0.29, 0.717) is 6.42 Å². The van der Waals surface area contributed by atoms with Gasteiger partial charge in [-0.2, -0.15) is 11.3 Å². The topological polar surface area (TPSA) is 66.4 Å². The molecule has 0 aliphatic carbocycles. The summed E-state index contributed by atoms with van der Waals surface area (Å²) >= 11 is 13.4.